The number of thiophene rings is 1. The Morgan fingerprint density at radius 1 is 1.14 bits per heavy atom. The summed E-state index contributed by atoms with van der Waals surface area (Å²) in [5.41, 5.74) is 0. The van der Waals surface area contributed by atoms with Crippen LogP contribution in [0, 0.1) is 17.8 Å². The first kappa shape index (κ1) is 14.0. The minimum atomic E-state index is 0.344. The molecule has 114 valence electrons. The van der Waals surface area contributed by atoms with Crippen LogP contribution in [-0.2, 0) is 11.3 Å². The second kappa shape index (κ2) is 5.56. The van der Waals surface area contributed by atoms with E-state index in [0.717, 1.165) is 61.7 Å². The molecule has 2 heterocycles. The van der Waals surface area contributed by atoms with Gasteiger partial charge in [0.1, 0.15) is 0 Å². The summed E-state index contributed by atoms with van der Waals surface area (Å²) in [6.07, 6.45) is 3.72. The van der Waals surface area contributed by atoms with Gasteiger partial charge < -0.3 is 4.90 Å². The SMILES string of the molecule is O=C(C1CC2CC2C1)N1CCN(Cc2ccc(Cl)s2)CC1. The second-order valence-electron chi connectivity index (χ2n) is 6.73. The molecule has 1 aliphatic heterocycles. The van der Waals surface area contributed by atoms with Gasteiger partial charge in [-0.3, -0.25) is 9.69 Å². The Morgan fingerprint density at radius 3 is 2.48 bits per heavy atom. The van der Waals surface area contributed by atoms with Crippen molar-refractivity contribution in [2.24, 2.45) is 17.8 Å². The number of halogens is 1. The van der Waals surface area contributed by atoms with Gasteiger partial charge in [-0.25, -0.2) is 0 Å². The fraction of sp³-hybridized carbons (Fsp3) is 0.688. The Bertz CT molecular complexity index is 528. The van der Waals surface area contributed by atoms with E-state index in [-0.39, 0.29) is 0 Å². The van der Waals surface area contributed by atoms with Gasteiger partial charge in [-0.05, 0) is 43.2 Å². The largest absolute Gasteiger partial charge is 0.340 e. The van der Waals surface area contributed by atoms with Gasteiger partial charge in [-0.2, -0.15) is 0 Å². The fourth-order valence-electron chi connectivity index (χ4n) is 3.96. The Morgan fingerprint density at radius 2 is 1.86 bits per heavy atom. The van der Waals surface area contributed by atoms with E-state index in [9.17, 15) is 4.79 Å². The number of carbonyl (C=O) groups excluding carboxylic acids is 1. The Balaban J connectivity index is 1.27. The molecule has 1 aromatic heterocycles. The lowest BCUT2D eigenvalue weighted by molar-refractivity contribution is -0.137. The smallest absolute Gasteiger partial charge is 0.225 e. The van der Waals surface area contributed by atoms with Crippen LogP contribution in [0.3, 0.4) is 0 Å². The molecule has 1 saturated heterocycles. The first-order valence-corrected chi connectivity index (χ1v) is 9.14. The maximum absolute atomic E-state index is 12.5. The van der Waals surface area contributed by atoms with Crippen LogP contribution in [0.1, 0.15) is 24.1 Å². The van der Waals surface area contributed by atoms with Crippen LogP contribution >= 0.6 is 22.9 Å². The van der Waals surface area contributed by atoms with E-state index in [2.05, 4.69) is 15.9 Å². The lowest BCUT2D eigenvalue weighted by Crippen LogP contribution is -2.49. The Hall–Kier alpha value is -0.580. The molecule has 4 rings (SSSR count). The summed E-state index contributed by atoms with van der Waals surface area (Å²) in [6.45, 7) is 4.72. The second-order valence-corrected chi connectivity index (χ2v) is 8.53. The minimum Gasteiger partial charge on any atom is -0.340 e. The average Bonchev–Trinajstić information content (AvgIpc) is 2.90. The van der Waals surface area contributed by atoms with Gasteiger partial charge >= 0.3 is 0 Å². The molecule has 1 aromatic rings. The van der Waals surface area contributed by atoms with Gasteiger partial charge in [-0.1, -0.05) is 11.6 Å². The van der Waals surface area contributed by atoms with Crippen LogP contribution in [0.15, 0.2) is 12.1 Å². The van der Waals surface area contributed by atoms with Crippen LogP contribution in [0.25, 0.3) is 0 Å². The minimum absolute atomic E-state index is 0.344. The number of fused-ring (bicyclic) bond motifs is 1. The summed E-state index contributed by atoms with van der Waals surface area (Å²) in [5, 5.41) is 0. The lowest BCUT2D eigenvalue weighted by Gasteiger charge is -2.36. The number of rotatable bonds is 3. The van der Waals surface area contributed by atoms with Crippen molar-refractivity contribution in [2.45, 2.75) is 25.8 Å². The van der Waals surface area contributed by atoms with E-state index in [0.29, 0.717) is 11.8 Å². The van der Waals surface area contributed by atoms with Crippen LogP contribution < -0.4 is 0 Å². The average molecular weight is 325 g/mol. The normalized spacial score (nSPS) is 32.2. The van der Waals surface area contributed by atoms with Gasteiger partial charge in [0.15, 0.2) is 0 Å². The van der Waals surface area contributed by atoms with Crippen molar-refractivity contribution in [1.29, 1.82) is 0 Å². The Labute approximate surface area is 134 Å². The van der Waals surface area contributed by atoms with Gasteiger partial charge in [0.2, 0.25) is 5.91 Å². The molecule has 0 aromatic carbocycles. The van der Waals surface area contributed by atoms with E-state index >= 15 is 0 Å². The van der Waals surface area contributed by atoms with Crippen LogP contribution in [0.5, 0.6) is 0 Å². The molecule has 0 spiro atoms. The van der Waals surface area contributed by atoms with E-state index < -0.39 is 0 Å². The number of hydrogen-bond donors (Lipinski definition) is 0. The van der Waals surface area contributed by atoms with E-state index in [1.54, 1.807) is 11.3 Å². The number of nitrogens with zero attached hydrogens (tertiary/aromatic N) is 2. The molecule has 2 unspecified atom stereocenters. The van der Waals surface area contributed by atoms with Crippen molar-refractivity contribution < 1.29 is 4.79 Å². The summed E-state index contributed by atoms with van der Waals surface area (Å²) < 4.78 is 0.860. The first-order valence-electron chi connectivity index (χ1n) is 7.94. The molecule has 3 fully saturated rings. The quantitative estimate of drug-likeness (QED) is 0.853. The maximum Gasteiger partial charge on any atom is 0.225 e. The molecule has 1 amide bonds. The van der Waals surface area contributed by atoms with Crippen molar-refractivity contribution in [3.63, 3.8) is 0 Å². The molecule has 5 heteroatoms. The van der Waals surface area contributed by atoms with Gasteiger partial charge in [0.05, 0.1) is 4.34 Å². The van der Waals surface area contributed by atoms with E-state index in [4.69, 9.17) is 11.6 Å². The molecule has 0 radical (unpaired) electrons. The third kappa shape index (κ3) is 2.99. The van der Waals surface area contributed by atoms with Crippen LogP contribution in [-0.4, -0.2) is 41.9 Å². The Kier molecular flexibility index (Phi) is 3.72. The summed E-state index contributed by atoms with van der Waals surface area (Å²) in [4.78, 5) is 18.4. The third-order valence-electron chi connectivity index (χ3n) is 5.29. The highest BCUT2D eigenvalue weighted by atomic mass is 35.5. The molecule has 0 N–H and O–H groups in total. The van der Waals surface area contributed by atoms with Crippen molar-refractivity contribution in [3.8, 4) is 0 Å². The number of piperazine rings is 1. The van der Waals surface area contributed by atoms with Crippen molar-refractivity contribution in [1.82, 2.24) is 9.80 Å². The highest BCUT2D eigenvalue weighted by Crippen LogP contribution is 2.54. The topological polar surface area (TPSA) is 23.6 Å². The summed E-state index contributed by atoms with van der Waals surface area (Å²) in [5.74, 6) is 2.56. The third-order valence-corrected chi connectivity index (χ3v) is 6.50. The molecule has 2 saturated carbocycles. The molecule has 2 atom stereocenters. The molecule has 3 aliphatic rings. The number of amides is 1. The summed E-state index contributed by atoms with van der Waals surface area (Å²) in [7, 11) is 0. The fourth-order valence-corrected chi connectivity index (χ4v) is 5.09. The number of hydrogen-bond acceptors (Lipinski definition) is 3. The molecule has 21 heavy (non-hydrogen) atoms. The monoisotopic (exact) mass is 324 g/mol. The van der Waals surface area contributed by atoms with E-state index in [1.807, 2.05) is 6.07 Å². The van der Waals surface area contributed by atoms with Crippen LogP contribution in [0.2, 0.25) is 4.34 Å². The zero-order chi connectivity index (χ0) is 14.4. The summed E-state index contributed by atoms with van der Waals surface area (Å²) >= 11 is 7.64. The predicted molar refractivity (Wildman–Crippen MR) is 85.5 cm³/mol. The molecular weight excluding hydrogens is 304 g/mol. The summed E-state index contributed by atoms with van der Waals surface area (Å²) in [6, 6.07) is 4.07. The highest BCUT2D eigenvalue weighted by Gasteiger charge is 2.48. The molecular formula is C16H21ClN2OS. The standard InChI is InChI=1S/C16H21ClN2OS/c17-15-2-1-14(21-15)10-18-3-5-19(6-4-18)16(20)13-8-11-7-12(11)9-13/h1-2,11-13H,3-10H2. The number of carbonyl (C=O) groups is 1. The zero-order valence-electron chi connectivity index (χ0n) is 12.1. The van der Waals surface area contributed by atoms with Gasteiger partial charge in [-0.15, -0.1) is 11.3 Å². The van der Waals surface area contributed by atoms with E-state index in [1.165, 1.54) is 11.3 Å². The lowest BCUT2D eigenvalue weighted by atomic mass is 10.0. The maximum atomic E-state index is 12.5. The van der Waals surface area contributed by atoms with Crippen LogP contribution in [0.4, 0.5) is 0 Å². The molecule has 3 nitrogen and oxygen atoms in total. The van der Waals surface area contributed by atoms with Gasteiger partial charge in [0.25, 0.3) is 0 Å². The first-order chi connectivity index (χ1) is 10.2. The predicted octanol–water partition coefficient (Wildman–Crippen LogP) is 3.09. The van der Waals surface area contributed by atoms with Crippen molar-refractivity contribution in [3.05, 3.63) is 21.3 Å². The molecule has 0 bridgehead atoms. The van der Waals surface area contributed by atoms with Gasteiger partial charge in [0, 0.05) is 43.5 Å². The van der Waals surface area contributed by atoms with Crippen molar-refractivity contribution >= 4 is 28.8 Å². The zero-order valence-corrected chi connectivity index (χ0v) is 13.7. The molecule has 2 aliphatic carbocycles. The van der Waals surface area contributed by atoms with Crippen molar-refractivity contribution in [2.75, 3.05) is 26.2 Å². The highest BCUT2D eigenvalue weighted by molar-refractivity contribution is 7.16.